The molecule has 0 spiro atoms. The molecule has 1 aromatic heterocycles. The normalized spacial score (nSPS) is 13.8. The Kier molecular flexibility index (Phi) is 4.07. The van der Waals surface area contributed by atoms with Crippen molar-refractivity contribution in [1.29, 1.82) is 0 Å². The second-order valence-electron chi connectivity index (χ2n) is 5.59. The predicted molar refractivity (Wildman–Crippen MR) is 82.5 cm³/mol. The first-order valence-corrected chi connectivity index (χ1v) is 7.63. The van der Waals surface area contributed by atoms with Gasteiger partial charge in [-0.05, 0) is 37.8 Å². The maximum Gasteiger partial charge on any atom is 0.261 e. The van der Waals surface area contributed by atoms with Gasteiger partial charge in [-0.3, -0.25) is 4.79 Å². The van der Waals surface area contributed by atoms with Crippen LogP contribution in [0.4, 0.5) is 14.5 Å². The first kappa shape index (κ1) is 15.5. The van der Waals surface area contributed by atoms with E-state index in [2.05, 4.69) is 9.97 Å². The number of hydrogen-bond acceptors (Lipinski definition) is 3. The highest BCUT2D eigenvalue weighted by Gasteiger charge is 2.27. The number of aromatic nitrogens is 2. The number of carbonyl (C=O) groups excluding carboxylic acids is 1. The molecule has 1 aliphatic heterocycles. The van der Waals surface area contributed by atoms with Crippen molar-refractivity contribution in [2.24, 2.45) is 0 Å². The van der Waals surface area contributed by atoms with Gasteiger partial charge in [-0.2, -0.15) is 0 Å². The van der Waals surface area contributed by atoms with Gasteiger partial charge in [-0.15, -0.1) is 0 Å². The largest absolute Gasteiger partial charge is 0.308 e. The van der Waals surface area contributed by atoms with Crippen LogP contribution in [-0.2, 0) is 12.8 Å². The van der Waals surface area contributed by atoms with Crippen molar-refractivity contribution in [2.45, 2.75) is 33.1 Å². The zero-order valence-electron chi connectivity index (χ0n) is 13.1. The van der Waals surface area contributed by atoms with Gasteiger partial charge in [0.2, 0.25) is 0 Å². The molecule has 120 valence electrons. The quantitative estimate of drug-likeness (QED) is 0.854. The number of nitrogens with zero attached hydrogens (tertiary/aromatic N) is 3. The summed E-state index contributed by atoms with van der Waals surface area (Å²) in [6.07, 6.45) is 3.44. The molecular weight excluding hydrogens is 300 g/mol. The van der Waals surface area contributed by atoms with Crippen LogP contribution in [0.3, 0.4) is 0 Å². The third-order valence-electron chi connectivity index (χ3n) is 4.04. The van der Waals surface area contributed by atoms with Crippen molar-refractivity contribution in [2.75, 3.05) is 11.4 Å². The van der Waals surface area contributed by atoms with Crippen molar-refractivity contribution in [3.63, 3.8) is 0 Å². The summed E-state index contributed by atoms with van der Waals surface area (Å²) in [5, 5.41) is 0. The topological polar surface area (TPSA) is 46.1 Å². The van der Waals surface area contributed by atoms with Crippen molar-refractivity contribution in [1.82, 2.24) is 9.97 Å². The molecule has 0 N–H and O–H groups in total. The van der Waals surface area contributed by atoms with Crippen LogP contribution in [0.25, 0.3) is 0 Å². The summed E-state index contributed by atoms with van der Waals surface area (Å²) in [5.74, 6) is -1.50. The van der Waals surface area contributed by atoms with Crippen LogP contribution in [0.5, 0.6) is 0 Å². The minimum Gasteiger partial charge on any atom is -0.308 e. The Bertz CT molecular complexity index is 777. The summed E-state index contributed by atoms with van der Waals surface area (Å²) in [4.78, 5) is 22.8. The standard InChI is InChI=1S/C17H17F2N3O/c1-3-15-12(9-20-10(2)21-15)17(23)22-6-4-5-11-7-13(18)14(19)8-16(11)22/h7-9H,3-6H2,1-2H3. The molecule has 0 saturated heterocycles. The van der Waals surface area contributed by atoms with E-state index in [0.29, 0.717) is 54.1 Å². The Morgan fingerprint density at radius 1 is 1.30 bits per heavy atom. The number of anilines is 1. The summed E-state index contributed by atoms with van der Waals surface area (Å²) in [5.41, 5.74) is 2.16. The molecule has 0 saturated carbocycles. The fourth-order valence-corrected chi connectivity index (χ4v) is 2.90. The highest BCUT2D eigenvalue weighted by atomic mass is 19.2. The molecule has 0 radical (unpaired) electrons. The van der Waals surface area contributed by atoms with Crippen LogP contribution in [0.15, 0.2) is 18.3 Å². The van der Waals surface area contributed by atoms with E-state index in [9.17, 15) is 13.6 Å². The van der Waals surface area contributed by atoms with Crippen LogP contribution >= 0.6 is 0 Å². The number of carbonyl (C=O) groups is 1. The molecule has 0 aliphatic carbocycles. The third kappa shape index (κ3) is 2.81. The molecule has 23 heavy (non-hydrogen) atoms. The van der Waals surface area contributed by atoms with Gasteiger partial charge >= 0.3 is 0 Å². The van der Waals surface area contributed by atoms with Gasteiger partial charge in [0.05, 0.1) is 16.9 Å². The van der Waals surface area contributed by atoms with Crippen LogP contribution < -0.4 is 4.90 Å². The van der Waals surface area contributed by atoms with Crippen LogP contribution in [0, 0.1) is 18.6 Å². The molecule has 1 amide bonds. The van der Waals surface area contributed by atoms with E-state index in [-0.39, 0.29) is 5.91 Å². The van der Waals surface area contributed by atoms with Crippen molar-refractivity contribution in [3.8, 4) is 0 Å². The first-order chi connectivity index (χ1) is 11.0. The molecule has 0 atom stereocenters. The fourth-order valence-electron chi connectivity index (χ4n) is 2.90. The van der Waals surface area contributed by atoms with E-state index in [1.165, 1.54) is 17.2 Å². The van der Waals surface area contributed by atoms with E-state index in [4.69, 9.17) is 0 Å². The van der Waals surface area contributed by atoms with Gasteiger partial charge in [0, 0.05) is 18.8 Å². The van der Waals surface area contributed by atoms with Crippen molar-refractivity contribution in [3.05, 3.63) is 52.6 Å². The number of halogens is 2. The Morgan fingerprint density at radius 3 is 2.78 bits per heavy atom. The second-order valence-corrected chi connectivity index (χ2v) is 5.59. The van der Waals surface area contributed by atoms with E-state index < -0.39 is 11.6 Å². The molecule has 0 bridgehead atoms. The Balaban J connectivity index is 2.04. The number of fused-ring (bicyclic) bond motifs is 1. The average Bonchev–Trinajstić information content (AvgIpc) is 2.54. The molecule has 3 rings (SSSR count). The lowest BCUT2D eigenvalue weighted by atomic mass is 10.00. The zero-order valence-corrected chi connectivity index (χ0v) is 13.1. The Labute approximate surface area is 133 Å². The minimum atomic E-state index is -0.945. The SMILES string of the molecule is CCc1nc(C)ncc1C(=O)N1CCCc2cc(F)c(F)cc21. The van der Waals surface area contributed by atoms with E-state index in [0.717, 1.165) is 6.07 Å². The van der Waals surface area contributed by atoms with E-state index in [1.807, 2.05) is 6.92 Å². The lowest BCUT2D eigenvalue weighted by Crippen LogP contribution is -2.36. The second kappa shape index (κ2) is 6.02. The van der Waals surface area contributed by atoms with Crippen LogP contribution in [-0.4, -0.2) is 22.4 Å². The molecule has 4 nitrogen and oxygen atoms in total. The Morgan fingerprint density at radius 2 is 2.04 bits per heavy atom. The number of benzene rings is 1. The van der Waals surface area contributed by atoms with Crippen molar-refractivity contribution < 1.29 is 13.6 Å². The highest BCUT2D eigenvalue weighted by Crippen LogP contribution is 2.30. The monoisotopic (exact) mass is 317 g/mol. The molecule has 2 aromatic rings. The maximum absolute atomic E-state index is 13.6. The van der Waals surface area contributed by atoms with Gasteiger partial charge in [0.15, 0.2) is 11.6 Å². The smallest absolute Gasteiger partial charge is 0.261 e. The van der Waals surface area contributed by atoms with Gasteiger partial charge in [-0.1, -0.05) is 6.92 Å². The van der Waals surface area contributed by atoms with Crippen molar-refractivity contribution >= 4 is 11.6 Å². The summed E-state index contributed by atoms with van der Waals surface area (Å²) in [6.45, 7) is 4.15. The number of hydrogen-bond donors (Lipinski definition) is 0. The molecule has 6 heteroatoms. The summed E-state index contributed by atoms with van der Waals surface area (Å²) >= 11 is 0. The zero-order chi connectivity index (χ0) is 16.6. The summed E-state index contributed by atoms with van der Waals surface area (Å²) in [7, 11) is 0. The summed E-state index contributed by atoms with van der Waals surface area (Å²) in [6, 6.07) is 2.28. The lowest BCUT2D eigenvalue weighted by molar-refractivity contribution is 0.0983. The highest BCUT2D eigenvalue weighted by molar-refractivity contribution is 6.07. The van der Waals surface area contributed by atoms with Crippen LogP contribution in [0.2, 0.25) is 0 Å². The molecule has 0 fully saturated rings. The number of amides is 1. The molecule has 1 aromatic carbocycles. The molecule has 0 unspecified atom stereocenters. The maximum atomic E-state index is 13.6. The summed E-state index contributed by atoms with van der Waals surface area (Å²) < 4.78 is 27.0. The van der Waals surface area contributed by atoms with Gasteiger partial charge in [-0.25, -0.2) is 18.7 Å². The minimum absolute atomic E-state index is 0.270. The Hall–Kier alpha value is -2.37. The van der Waals surface area contributed by atoms with Gasteiger partial charge in [0.1, 0.15) is 5.82 Å². The van der Waals surface area contributed by atoms with E-state index in [1.54, 1.807) is 6.92 Å². The fraction of sp³-hybridized carbons (Fsp3) is 0.353. The molecule has 1 aliphatic rings. The lowest BCUT2D eigenvalue weighted by Gasteiger charge is -2.30. The third-order valence-corrected chi connectivity index (χ3v) is 4.04. The first-order valence-electron chi connectivity index (χ1n) is 7.63. The number of rotatable bonds is 2. The van der Waals surface area contributed by atoms with Gasteiger partial charge in [0.25, 0.3) is 5.91 Å². The van der Waals surface area contributed by atoms with Gasteiger partial charge < -0.3 is 4.90 Å². The average molecular weight is 317 g/mol. The predicted octanol–water partition coefficient (Wildman–Crippen LogP) is 3.22. The van der Waals surface area contributed by atoms with E-state index >= 15 is 0 Å². The van der Waals surface area contributed by atoms with Crippen LogP contribution in [0.1, 0.15) is 40.8 Å². The number of aryl methyl sites for hydroxylation is 3. The molecule has 2 heterocycles. The molecular formula is C17H17F2N3O.